The van der Waals surface area contributed by atoms with Crippen molar-refractivity contribution in [3.63, 3.8) is 0 Å². The van der Waals surface area contributed by atoms with Crippen LogP contribution in [0.25, 0.3) is 10.7 Å². The summed E-state index contributed by atoms with van der Waals surface area (Å²) >= 11 is 7.65. The molecular formula is C22H15ClF3N5O4S3. The highest BCUT2D eigenvalue weighted by Crippen LogP contribution is 2.30. The Morgan fingerprint density at radius 2 is 1.74 bits per heavy atom. The van der Waals surface area contributed by atoms with E-state index in [9.17, 15) is 31.2 Å². The first-order valence-corrected chi connectivity index (χ1v) is 13.9. The van der Waals surface area contributed by atoms with E-state index in [4.69, 9.17) is 11.6 Å². The van der Waals surface area contributed by atoms with Crippen molar-refractivity contribution >= 4 is 56.1 Å². The highest BCUT2D eigenvalue weighted by Gasteiger charge is 2.31. The number of carbonyl (C=O) groups is 2. The standard InChI is InChI=1S/C22H15ClF3N5O4S3/c23-14-4-1-12(2-5-14)19(32)28-10-15-6-8-18(37-15)38(34,35)31-30-20(33)17-11-36-21(29-17)16-7-3-13(9-27-16)22(24,25)26/h1-9,11,31H,10H2,(H,28,32)(H,30,33). The molecule has 0 atom stereocenters. The minimum atomic E-state index is -4.54. The maximum atomic E-state index is 12.7. The quantitative estimate of drug-likeness (QED) is 0.255. The highest BCUT2D eigenvalue weighted by molar-refractivity contribution is 7.91. The fraction of sp³-hybridized carbons (Fsp3) is 0.0909. The number of pyridine rings is 1. The maximum absolute atomic E-state index is 12.7. The molecule has 4 aromatic rings. The van der Waals surface area contributed by atoms with Crippen LogP contribution in [0.4, 0.5) is 13.2 Å². The van der Waals surface area contributed by atoms with Crippen molar-refractivity contribution in [2.45, 2.75) is 16.9 Å². The Hall–Kier alpha value is -3.37. The molecule has 3 heterocycles. The molecule has 0 unspecified atom stereocenters. The minimum absolute atomic E-state index is 0.0770. The zero-order valence-electron chi connectivity index (χ0n) is 18.7. The molecule has 4 rings (SSSR count). The molecule has 0 saturated carbocycles. The molecule has 0 bridgehead atoms. The van der Waals surface area contributed by atoms with Crippen LogP contribution in [0.5, 0.6) is 0 Å². The predicted octanol–water partition coefficient (Wildman–Crippen LogP) is 4.49. The fourth-order valence-electron chi connectivity index (χ4n) is 2.88. The second kappa shape index (κ2) is 11.2. The van der Waals surface area contributed by atoms with Gasteiger partial charge in [0.1, 0.15) is 14.9 Å². The molecule has 1 aromatic carbocycles. The number of aromatic nitrogens is 2. The van der Waals surface area contributed by atoms with Crippen molar-refractivity contribution < 1.29 is 31.2 Å². The average molecular weight is 602 g/mol. The molecule has 16 heteroatoms. The lowest BCUT2D eigenvalue weighted by Gasteiger charge is -2.06. The monoisotopic (exact) mass is 601 g/mol. The Bertz CT molecular complexity index is 1570. The second-order valence-electron chi connectivity index (χ2n) is 7.44. The molecule has 0 aliphatic rings. The lowest BCUT2D eigenvalue weighted by molar-refractivity contribution is -0.137. The van der Waals surface area contributed by atoms with E-state index in [-0.39, 0.29) is 33.1 Å². The van der Waals surface area contributed by atoms with Crippen molar-refractivity contribution in [2.75, 3.05) is 0 Å². The van der Waals surface area contributed by atoms with Crippen LogP contribution in [0, 0.1) is 0 Å². The molecule has 3 aromatic heterocycles. The summed E-state index contributed by atoms with van der Waals surface area (Å²) in [4.78, 5) is 34.8. The van der Waals surface area contributed by atoms with Crippen molar-refractivity contribution in [2.24, 2.45) is 0 Å². The summed E-state index contributed by atoms with van der Waals surface area (Å²) in [6.45, 7) is 0.0770. The summed E-state index contributed by atoms with van der Waals surface area (Å²) in [6.07, 6.45) is -3.88. The number of hydrogen-bond acceptors (Lipinski definition) is 8. The van der Waals surface area contributed by atoms with E-state index in [2.05, 4.69) is 15.3 Å². The lowest BCUT2D eigenvalue weighted by Crippen LogP contribution is -2.41. The zero-order chi connectivity index (χ0) is 27.5. The van der Waals surface area contributed by atoms with E-state index in [1.807, 2.05) is 10.3 Å². The van der Waals surface area contributed by atoms with Gasteiger partial charge in [-0.3, -0.25) is 20.0 Å². The average Bonchev–Trinajstić information content (AvgIpc) is 3.57. The van der Waals surface area contributed by atoms with Gasteiger partial charge in [-0.1, -0.05) is 11.6 Å². The van der Waals surface area contributed by atoms with Gasteiger partial charge in [0.2, 0.25) is 0 Å². The van der Waals surface area contributed by atoms with Crippen LogP contribution in [0.3, 0.4) is 0 Å². The number of nitrogens with zero attached hydrogens (tertiary/aromatic N) is 2. The van der Waals surface area contributed by atoms with Crippen LogP contribution in [0.15, 0.2) is 64.3 Å². The molecule has 0 aliphatic heterocycles. The van der Waals surface area contributed by atoms with Crippen molar-refractivity contribution in [3.05, 3.63) is 86.8 Å². The maximum Gasteiger partial charge on any atom is 0.417 e. The number of alkyl halides is 3. The predicted molar refractivity (Wildman–Crippen MR) is 135 cm³/mol. The normalized spacial score (nSPS) is 11.8. The molecule has 9 nitrogen and oxygen atoms in total. The largest absolute Gasteiger partial charge is 0.417 e. The SMILES string of the molecule is O=C(NCc1ccc(S(=O)(=O)NNC(=O)c2csc(-c3ccc(C(F)(F)F)cn3)n2)s1)c1ccc(Cl)cc1. The topological polar surface area (TPSA) is 130 Å². The Kier molecular flexibility index (Phi) is 8.13. The Balaban J connectivity index is 1.33. The summed E-state index contributed by atoms with van der Waals surface area (Å²) in [7, 11) is -4.14. The lowest BCUT2D eigenvalue weighted by atomic mass is 10.2. The van der Waals surface area contributed by atoms with Crippen LogP contribution >= 0.6 is 34.3 Å². The fourth-order valence-corrected chi connectivity index (χ4v) is 5.92. The number of halogens is 4. The van der Waals surface area contributed by atoms with Gasteiger partial charge in [0, 0.05) is 27.0 Å². The van der Waals surface area contributed by atoms with Gasteiger partial charge in [0.15, 0.2) is 0 Å². The van der Waals surface area contributed by atoms with Gasteiger partial charge in [0.25, 0.3) is 21.8 Å². The number of nitrogens with one attached hydrogen (secondary N) is 3. The van der Waals surface area contributed by atoms with E-state index in [0.717, 1.165) is 34.8 Å². The molecule has 0 aliphatic carbocycles. The van der Waals surface area contributed by atoms with Crippen molar-refractivity contribution in [1.82, 2.24) is 25.5 Å². The first-order chi connectivity index (χ1) is 17.9. The van der Waals surface area contributed by atoms with Crippen LogP contribution in [0.1, 0.15) is 31.3 Å². The van der Waals surface area contributed by atoms with E-state index in [1.54, 1.807) is 24.3 Å². The molecule has 0 fully saturated rings. The first kappa shape index (κ1) is 27.7. The molecular weight excluding hydrogens is 587 g/mol. The van der Waals surface area contributed by atoms with Gasteiger partial charge in [-0.2, -0.15) is 13.2 Å². The number of thiophene rings is 1. The smallest absolute Gasteiger partial charge is 0.347 e. The Morgan fingerprint density at radius 1 is 1.00 bits per heavy atom. The third-order valence-electron chi connectivity index (χ3n) is 4.78. The number of benzene rings is 1. The number of amides is 2. The number of hydrazine groups is 1. The minimum Gasteiger partial charge on any atom is -0.347 e. The van der Waals surface area contributed by atoms with Gasteiger partial charge >= 0.3 is 6.18 Å². The molecule has 2 amide bonds. The zero-order valence-corrected chi connectivity index (χ0v) is 22.0. The number of sulfonamides is 1. The van der Waals surface area contributed by atoms with Gasteiger partial charge < -0.3 is 5.32 Å². The number of hydrogen-bond donors (Lipinski definition) is 3. The third kappa shape index (κ3) is 6.73. The van der Waals surface area contributed by atoms with Crippen LogP contribution in [-0.2, 0) is 22.7 Å². The van der Waals surface area contributed by atoms with Crippen LogP contribution in [-0.4, -0.2) is 30.2 Å². The molecule has 0 spiro atoms. The van der Waals surface area contributed by atoms with E-state index in [0.29, 0.717) is 21.7 Å². The highest BCUT2D eigenvalue weighted by atomic mass is 35.5. The van der Waals surface area contributed by atoms with E-state index < -0.39 is 27.7 Å². The van der Waals surface area contributed by atoms with E-state index >= 15 is 0 Å². The Labute approximate surface area is 226 Å². The number of thiazole rings is 1. The summed E-state index contributed by atoms with van der Waals surface area (Å²) < 4.78 is 63.1. The number of carbonyl (C=O) groups excluding carboxylic acids is 2. The van der Waals surface area contributed by atoms with Crippen molar-refractivity contribution in [3.8, 4) is 10.7 Å². The summed E-state index contributed by atoms with van der Waals surface area (Å²) in [5, 5.41) is 4.65. The summed E-state index contributed by atoms with van der Waals surface area (Å²) in [5.41, 5.74) is 1.47. The summed E-state index contributed by atoms with van der Waals surface area (Å²) in [5.74, 6) is -1.24. The molecule has 38 heavy (non-hydrogen) atoms. The molecule has 0 saturated heterocycles. The molecule has 0 radical (unpaired) electrons. The summed E-state index contributed by atoms with van der Waals surface area (Å²) in [6, 6.07) is 11.1. The Morgan fingerprint density at radius 3 is 2.39 bits per heavy atom. The van der Waals surface area contributed by atoms with Gasteiger partial charge in [-0.15, -0.1) is 27.5 Å². The third-order valence-corrected chi connectivity index (χ3v) is 8.72. The molecule has 198 valence electrons. The van der Waals surface area contributed by atoms with Crippen LogP contribution < -0.4 is 15.6 Å². The first-order valence-electron chi connectivity index (χ1n) is 10.4. The van der Waals surface area contributed by atoms with Gasteiger partial charge in [0.05, 0.1) is 17.8 Å². The van der Waals surface area contributed by atoms with Gasteiger partial charge in [-0.05, 0) is 48.5 Å². The van der Waals surface area contributed by atoms with Crippen molar-refractivity contribution in [1.29, 1.82) is 0 Å². The van der Waals surface area contributed by atoms with E-state index in [1.165, 1.54) is 17.5 Å². The van der Waals surface area contributed by atoms with Gasteiger partial charge in [-0.25, -0.2) is 13.4 Å². The second-order valence-corrected chi connectivity index (χ2v) is 11.8. The van der Waals surface area contributed by atoms with Crippen LogP contribution in [0.2, 0.25) is 5.02 Å². The molecule has 3 N–H and O–H groups in total. The number of rotatable bonds is 8.